The molecule has 0 bridgehead atoms. The Morgan fingerprint density at radius 1 is 1.05 bits per heavy atom. The number of halogens is 2. The SMILES string of the molecule is Fc1cc(N2CCc3cnc(Nc4ccnc(OCC5CCNCC5)c4)nc32)cc(F)c1CN1CCOCC1. The van der Waals surface area contributed by atoms with Crippen LogP contribution >= 0.6 is 0 Å². The van der Waals surface area contributed by atoms with Crippen LogP contribution in [-0.4, -0.2) is 72.4 Å². The molecule has 0 aliphatic carbocycles. The first kappa shape index (κ1) is 25.8. The van der Waals surface area contributed by atoms with E-state index >= 15 is 8.78 Å². The molecule has 2 saturated heterocycles. The first-order valence-corrected chi connectivity index (χ1v) is 13.6. The van der Waals surface area contributed by atoms with Gasteiger partial charge in [0.15, 0.2) is 0 Å². The topological polar surface area (TPSA) is 87.7 Å². The summed E-state index contributed by atoms with van der Waals surface area (Å²) in [5.74, 6) is 1.00. The molecule has 2 N–H and O–H groups in total. The van der Waals surface area contributed by atoms with Crippen LogP contribution < -0.4 is 20.3 Å². The zero-order valence-electron chi connectivity index (χ0n) is 21.8. The molecule has 0 saturated carbocycles. The highest BCUT2D eigenvalue weighted by Gasteiger charge is 2.26. The fraction of sp³-hybridized carbons (Fsp3) is 0.464. The molecular weight excluding hydrogens is 504 g/mol. The average molecular weight is 538 g/mol. The number of aromatic nitrogens is 3. The standard InChI is InChI=1S/C28H33F2N7O2/c29-24-14-22(15-25(30)23(24)17-36-9-11-38-12-10-36)37-8-4-20-16-33-28(35-27(20)37)34-21-3-7-32-26(13-21)39-18-19-1-5-31-6-2-19/h3,7,13-16,19,31H,1-2,4-6,8-12,17-18H2,(H,32,33,34,35). The predicted octanol–water partition coefficient (Wildman–Crippen LogP) is 3.80. The van der Waals surface area contributed by atoms with Gasteiger partial charge in [0.1, 0.15) is 17.5 Å². The molecule has 0 spiro atoms. The quantitative estimate of drug-likeness (QED) is 0.446. The fourth-order valence-corrected chi connectivity index (χ4v) is 5.28. The molecule has 11 heteroatoms. The van der Waals surface area contributed by atoms with E-state index in [4.69, 9.17) is 14.5 Å². The maximum absolute atomic E-state index is 15.1. The van der Waals surface area contributed by atoms with Gasteiger partial charge in [0.05, 0.1) is 19.8 Å². The minimum Gasteiger partial charge on any atom is -0.477 e. The summed E-state index contributed by atoms with van der Waals surface area (Å²) in [4.78, 5) is 17.3. The number of hydrogen-bond donors (Lipinski definition) is 2. The molecule has 206 valence electrons. The van der Waals surface area contributed by atoms with Gasteiger partial charge < -0.3 is 25.0 Å². The predicted molar refractivity (Wildman–Crippen MR) is 144 cm³/mol. The van der Waals surface area contributed by atoms with Crippen LogP contribution in [0.25, 0.3) is 0 Å². The molecule has 0 amide bonds. The molecule has 2 aromatic heterocycles. The smallest absolute Gasteiger partial charge is 0.229 e. The molecular formula is C28H33F2N7O2. The monoisotopic (exact) mass is 537 g/mol. The van der Waals surface area contributed by atoms with Gasteiger partial charge in [-0.05, 0) is 56.5 Å². The molecule has 3 aliphatic heterocycles. The number of morpholine rings is 1. The Labute approximate surface area is 226 Å². The van der Waals surface area contributed by atoms with Gasteiger partial charge in [0.2, 0.25) is 11.8 Å². The molecule has 3 aliphatic rings. The van der Waals surface area contributed by atoms with Crippen LogP contribution in [0.5, 0.6) is 5.88 Å². The van der Waals surface area contributed by atoms with Crippen molar-refractivity contribution in [2.24, 2.45) is 5.92 Å². The Bertz CT molecular complexity index is 1280. The number of nitrogens with one attached hydrogen (secondary N) is 2. The lowest BCUT2D eigenvalue weighted by Gasteiger charge is -2.27. The number of nitrogens with zero attached hydrogens (tertiary/aromatic N) is 5. The number of fused-ring (bicyclic) bond motifs is 1. The molecule has 1 aromatic carbocycles. The van der Waals surface area contributed by atoms with Crippen LogP contribution in [0.2, 0.25) is 0 Å². The van der Waals surface area contributed by atoms with Gasteiger partial charge in [-0.1, -0.05) is 0 Å². The van der Waals surface area contributed by atoms with Gasteiger partial charge in [0.25, 0.3) is 0 Å². The maximum Gasteiger partial charge on any atom is 0.229 e. The summed E-state index contributed by atoms with van der Waals surface area (Å²) in [6.45, 7) is 5.96. The molecule has 9 nitrogen and oxygen atoms in total. The van der Waals surface area contributed by atoms with Crippen molar-refractivity contribution in [3.63, 3.8) is 0 Å². The molecule has 6 rings (SSSR count). The van der Waals surface area contributed by atoms with Crippen molar-refractivity contribution < 1.29 is 18.3 Å². The third-order valence-electron chi connectivity index (χ3n) is 7.54. The summed E-state index contributed by atoms with van der Waals surface area (Å²) in [5.41, 5.74) is 2.21. The summed E-state index contributed by atoms with van der Waals surface area (Å²) in [6.07, 6.45) is 6.34. The number of ether oxygens (including phenoxy) is 2. The van der Waals surface area contributed by atoms with Crippen LogP contribution in [0.4, 0.5) is 31.9 Å². The van der Waals surface area contributed by atoms with Gasteiger partial charge >= 0.3 is 0 Å². The normalized spacial score (nSPS) is 18.3. The molecule has 0 atom stereocenters. The Hall–Kier alpha value is -3.41. The van der Waals surface area contributed by atoms with E-state index < -0.39 is 11.6 Å². The molecule has 3 aromatic rings. The van der Waals surface area contributed by atoms with Crippen LogP contribution in [0.15, 0.2) is 36.7 Å². The summed E-state index contributed by atoms with van der Waals surface area (Å²) < 4.78 is 41.5. The van der Waals surface area contributed by atoms with E-state index in [0.717, 1.165) is 37.2 Å². The van der Waals surface area contributed by atoms with Gasteiger partial charge in [-0.15, -0.1) is 0 Å². The van der Waals surface area contributed by atoms with E-state index in [-0.39, 0.29) is 12.1 Å². The fourth-order valence-electron chi connectivity index (χ4n) is 5.28. The largest absolute Gasteiger partial charge is 0.477 e. The van der Waals surface area contributed by atoms with Crippen molar-refractivity contribution in [2.45, 2.75) is 25.8 Å². The summed E-state index contributed by atoms with van der Waals surface area (Å²) in [6, 6.07) is 6.45. The van der Waals surface area contributed by atoms with E-state index in [2.05, 4.69) is 20.6 Å². The second kappa shape index (κ2) is 11.8. The molecule has 5 heterocycles. The third-order valence-corrected chi connectivity index (χ3v) is 7.54. The van der Waals surface area contributed by atoms with Gasteiger partial charge in [-0.3, -0.25) is 4.90 Å². The minimum atomic E-state index is -0.550. The van der Waals surface area contributed by atoms with E-state index in [1.807, 2.05) is 21.9 Å². The number of anilines is 4. The molecule has 39 heavy (non-hydrogen) atoms. The van der Waals surface area contributed by atoms with Crippen molar-refractivity contribution in [3.8, 4) is 5.88 Å². The van der Waals surface area contributed by atoms with Crippen LogP contribution in [0, 0.1) is 17.6 Å². The van der Waals surface area contributed by atoms with Crippen molar-refractivity contribution in [1.29, 1.82) is 0 Å². The first-order chi connectivity index (χ1) is 19.1. The lowest BCUT2D eigenvalue weighted by molar-refractivity contribution is 0.0332. The zero-order chi connectivity index (χ0) is 26.6. The third kappa shape index (κ3) is 6.10. The highest BCUT2D eigenvalue weighted by Crippen LogP contribution is 2.35. The molecule has 0 unspecified atom stereocenters. The highest BCUT2D eigenvalue weighted by molar-refractivity contribution is 5.68. The van der Waals surface area contributed by atoms with Gasteiger partial charge in [0, 0.05) is 67.1 Å². The van der Waals surface area contributed by atoms with Gasteiger partial charge in [-0.2, -0.15) is 4.98 Å². The Morgan fingerprint density at radius 2 is 1.85 bits per heavy atom. The Morgan fingerprint density at radius 3 is 2.64 bits per heavy atom. The van der Waals surface area contributed by atoms with Crippen molar-refractivity contribution >= 4 is 23.1 Å². The lowest BCUT2D eigenvalue weighted by atomic mass is 9.99. The second-order valence-corrected chi connectivity index (χ2v) is 10.2. The number of pyridine rings is 1. The summed E-state index contributed by atoms with van der Waals surface area (Å²) in [5, 5.41) is 6.58. The summed E-state index contributed by atoms with van der Waals surface area (Å²) >= 11 is 0. The van der Waals surface area contributed by atoms with E-state index in [1.54, 1.807) is 12.4 Å². The van der Waals surface area contributed by atoms with Crippen molar-refractivity contribution in [2.75, 3.05) is 62.8 Å². The van der Waals surface area contributed by atoms with Gasteiger partial charge in [-0.25, -0.2) is 18.7 Å². The highest BCUT2D eigenvalue weighted by atomic mass is 19.1. The number of hydrogen-bond acceptors (Lipinski definition) is 9. The lowest BCUT2D eigenvalue weighted by Crippen LogP contribution is -2.36. The number of piperidine rings is 1. The van der Waals surface area contributed by atoms with Crippen LogP contribution in [0.1, 0.15) is 24.0 Å². The van der Waals surface area contributed by atoms with Crippen molar-refractivity contribution in [3.05, 3.63) is 59.4 Å². The summed E-state index contributed by atoms with van der Waals surface area (Å²) in [7, 11) is 0. The Kier molecular flexibility index (Phi) is 7.80. The van der Waals surface area contributed by atoms with Crippen LogP contribution in [0.3, 0.4) is 0 Å². The molecule has 2 fully saturated rings. The minimum absolute atomic E-state index is 0.0842. The number of benzene rings is 1. The first-order valence-electron chi connectivity index (χ1n) is 13.6. The molecule has 0 radical (unpaired) electrons. The Balaban J connectivity index is 1.15. The van der Waals surface area contributed by atoms with Crippen molar-refractivity contribution in [1.82, 2.24) is 25.2 Å². The number of rotatable bonds is 8. The van der Waals surface area contributed by atoms with E-state index in [0.29, 0.717) is 75.1 Å². The maximum atomic E-state index is 15.1. The van der Waals surface area contributed by atoms with E-state index in [9.17, 15) is 0 Å². The van der Waals surface area contributed by atoms with E-state index in [1.165, 1.54) is 12.1 Å². The average Bonchev–Trinajstić information content (AvgIpc) is 3.38. The van der Waals surface area contributed by atoms with Crippen LogP contribution in [-0.2, 0) is 17.7 Å². The second-order valence-electron chi connectivity index (χ2n) is 10.2. The zero-order valence-corrected chi connectivity index (χ0v) is 21.8.